The van der Waals surface area contributed by atoms with Crippen molar-refractivity contribution in [3.63, 3.8) is 0 Å². The van der Waals surface area contributed by atoms with Crippen LogP contribution in [0.4, 0.5) is 0 Å². The number of rotatable bonds is 7. The predicted molar refractivity (Wildman–Crippen MR) is 77.6 cm³/mol. The molecule has 0 aromatic heterocycles. The third-order valence-corrected chi connectivity index (χ3v) is 2.56. The largest absolute Gasteiger partial charge is 0.458 e. The molecule has 0 N–H and O–H groups in total. The Bertz CT molecular complexity index is 453. The van der Waals surface area contributed by atoms with Gasteiger partial charge in [0.25, 0.3) is 6.29 Å². The zero-order chi connectivity index (χ0) is 15.8. The lowest BCUT2D eigenvalue weighted by Crippen LogP contribution is -2.32. The van der Waals surface area contributed by atoms with Gasteiger partial charge in [0.1, 0.15) is 5.75 Å². The van der Waals surface area contributed by atoms with E-state index >= 15 is 0 Å². The Kier molecular flexibility index (Phi) is 6.72. The SMILES string of the molecule is CC(C)C(=O)OCC(OC(=O)C(C)C)Oc1ccccc1. The minimum Gasteiger partial charge on any atom is -0.458 e. The van der Waals surface area contributed by atoms with Crippen molar-refractivity contribution in [2.24, 2.45) is 11.8 Å². The smallest absolute Gasteiger partial charge is 0.311 e. The van der Waals surface area contributed by atoms with E-state index in [0.717, 1.165) is 0 Å². The topological polar surface area (TPSA) is 61.8 Å². The van der Waals surface area contributed by atoms with E-state index in [1.807, 2.05) is 6.07 Å². The van der Waals surface area contributed by atoms with Gasteiger partial charge in [-0.25, -0.2) is 0 Å². The van der Waals surface area contributed by atoms with Gasteiger partial charge in [-0.3, -0.25) is 9.59 Å². The molecular weight excluding hydrogens is 272 g/mol. The lowest BCUT2D eigenvalue weighted by molar-refractivity contribution is -0.181. The highest BCUT2D eigenvalue weighted by Gasteiger charge is 2.21. The van der Waals surface area contributed by atoms with E-state index < -0.39 is 12.3 Å². The van der Waals surface area contributed by atoms with Crippen molar-refractivity contribution in [2.45, 2.75) is 34.0 Å². The molecule has 5 nitrogen and oxygen atoms in total. The molecule has 0 bridgehead atoms. The molecule has 0 spiro atoms. The number of hydrogen-bond donors (Lipinski definition) is 0. The molecule has 0 aliphatic heterocycles. The summed E-state index contributed by atoms with van der Waals surface area (Å²) >= 11 is 0. The Morgan fingerprint density at radius 2 is 1.52 bits per heavy atom. The van der Waals surface area contributed by atoms with Gasteiger partial charge in [0.05, 0.1) is 11.8 Å². The van der Waals surface area contributed by atoms with Crippen LogP contribution in [-0.2, 0) is 19.1 Å². The molecule has 0 aliphatic rings. The van der Waals surface area contributed by atoms with Gasteiger partial charge in [-0.05, 0) is 12.1 Å². The number of carbonyl (C=O) groups excluding carboxylic acids is 2. The first kappa shape index (κ1) is 17.0. The molecule has 1 unspecified atom stereocenters. The van der Waals surface area contributed by atoms with Gasteiger partial charge in [-0.15, -0.1) is 0 Å². The van der Waals surface area contributed by atoms with Crippen LogP contribution in [0.3, 0.4) is 0 Å². The number of ether oxygens (including phenoxy) is 3. The first-order chi connectivity index (χ1) is 9.90. The van der Waals surface area contributed by atoms with Gasteiger partial charge in [0, 0.05) is 0 Å². The van der Waals surface area contributed by atoms with Crippen LogP contribution in [0.25, 0.3) is 0 Å². The fraction of sp³-hybridized carbons (Fsp3) is 0.500. The van der Waals surface area contributed by atoms with Gasteiger partial charge in [0.2, 0.25) is 0 Å². The quantitative estimate of drug-likeness (QED) is 0.571. The molecule has 5 heteroatoms. The first-order valence-corrected chi connectivity index (χ1v) is 6.99. The number of hydrogen-bond acceptors (Lipinski definition) is 5. The normalized spacial score (nSPS) is 12.1. The van der Waals surface area contributed by atoms with Crippen LogP contribution in [0.15, 0.2) is 30.3 Å². The van der Waals surface area contributed by atoms with Crippen molar-refractivity contribution in [3.8, 4) is 5.75 Å². The van der Waals surface area contributed by atoms with E-state index in [-0.39, 0.29) is 24.4 Å². The van der Waals surface area contributed by atoms with E-state index in [4.69, 9.17) is 14.2 Å². The summed E-state index contributed by atoms with van der Waals surface area (Å²) in [5, 5.41) is 0. The van der Waals surface area contributed by atoms with Crippen molar-refractivity contribution < 1.29 is 23.8 Å². The van der Waals surface area contributed by atoms with Crippen LogP contribution >= 0.6 is 0 Å². The van der Waals surface area contributed by atoms with Crippen LogP contribution in [0.2, 0.25) is 0 Å². The number of esters is 2. The molecule has 116 valence electrons. The zero-order valence-corrected chi connectivity index (χ0v) is 12.9. The van der Waals surface area contributed by atoms with Crippen LogP contribution in [0, 0.1) is 11.8 Å². The molecule has 0 amide bonds. The Hall–Kier alpha value is -2.04. The summed E-state index contributed by atoms with van der Waals surface area (Å²) in [5.74, 6) is -0.760. The summed E-state index contributed by atoms with van der Waals surface area (Å²) in [7, 11) is 0. The summed E-state index contributed by atoms with van der Waals surface area (Å²) in [6, 6.07) is 8.93. The molecule has 1 rings (SSSR count). The van der Waals surface area contributed by atoms with Crippen molar-refractivity contribution in [1.82, 2.24) is 0 Å². The molecular formula is C16H22O5. The van der Waals surface area contributed by atoms with Gasteiger partial charge in [-0.1, -0.05) is 45.9 Å². The predicted octanol–water partition coefficient (Wildman–Crippen LogP) is 2.79. The highest BCUT2D eigenvalue weighted by molar-refractivity contribution is 5.72. The summed E-state index contributed by atoms with van der Waals surface area (Å²) in [4.78, 5) is 23.2. The number of carbonyl (C=O) groups is 2. The monoisotopic (exact) mass is 294 g/mol. The maximum absolute atomic E-state index is 11.7. The van der Waals surface area contributed by atoms with E-state index in [1.165, 1.54) is 0 Å². The average molecular weight is 294 g/mol. The molecule has 21 heavy (non-hydrogen) atoms. The molecule has 0 aliphatic carbocycles. The third kappa shape index (κ3) is 6.29. The Labute approximate surface area is 125 Å². The van der Waals surface area contributed by atoms with Crippen molar-refractivity contribution in [1.29, 1.82) is 0 Å². The molecule has 0 saturated heterocycles. The average Bonchev–Trinajstić information content (AvgIpc) is 2.45. The second kappa shape index (κ2) is 8.29. The lowest BCUT2D eigenvalue weighted by Gasteiger charge is -2.20. The minimum absolute atomic E-state index is 0.135. The molecule has 1 aromatic carbocycles. The Balaban J connectivity index is 2.65. The lowest BCUT2D eigenvalue weighted by atomic mass is 10.2. The summed E-state index contributed by atoms with van der Waals surface area (Å²) in [6.45, 7) is 6.78. The highest BCUT2D eigenvalue weighted by Crippen LogP contribution is 2.13. The van der Waals surface area contributed by atoms with Crippen molar-refractivity contribution in [2.75, 3.05) is 6.61 Å². The van der Waals surface area contributed by atoms with Crippen molar-refractivity contribution >= 4 is 11.9 Å². The fourth-order valence-electron chi connectivity index (χ4n) is 1.33. The highest BCUT2D eigenvalue weighted by atomic mass is 16.7. The second-order valence-electron chi connectivity index (χ2n) is 5.24. The zero-order valence-electron chi connectivity index (χ0n) is 12.9. The third-order valence-electron chi connectivity index (χ3n) is 2.56. The van der Waals surface area contributed by atoms with E-state index in [9.17, 15) is 9.59 Å². The van der Waals surface area contributed by atoms with Crippen LogP contribution in [-0.4, -0.2) is 24.8 Å². The van der Waals surface area contributed by atoms with Crippen LogP contribution in [0.5, 0.6) is 5.75 Å². The molecule has 0 radical (unpaired) electrons. The van der Waals surface area contributed by atoms with Crippen LogP contribution in [0.1, 0.15) is 27.7 Å². The molecule has 1 aromatic rings. The molecule has 0 heterocycles. The summed E-state index contributed by atoms with van der Waals surface area (Å²) in [5.41, 5.74) is 0. The molecule has 0 saturated carbocycles. The summed E-state index contributed by atoms with van der Waals surface area (Å²) < 4.78 is 15.8. The maximum Gasteiger partial charge on any atom is 0.311 e. The minimum atomic E-state index is -0.954. The standard InChI is InChI=1S/C16H22O5/c1-11(2)15(17)19-10-14(21-16(18)12(3)4)20-13-8-6-5-7-9-13/h5-9,11-12,14H,10H2,1-4H3. The Morgan fingerprint density at radius 1 is 0.952 bits per heavy atom. The molecule has 0 fully saturated rings. The van der Waals surface area contributed by atoms with Gasteiger partial charge >= 0.3 is 11.9 Å². The second-order valence-corrected chi connectivity index (χ2v) is 5.24. The van der Waals surface area contributed by atoms with E-state index in [1.54, 1.807) is 52.0 Å². The first-order valence-electron chi connectivity index (χ1n) is 6.99. The van der Waals surface area contributed by atoms with Crippen molar-refractivity contribution in [3.05, 3.63) is 30.3 Å². The summed E-state index contributed by atoms with van der Waals surface area (Å²) in [6.07, 6.45) is -0.954. The number of benzene rings is 1. The molecule has 1 atom stereocenters. The van der Waals surface area contributed by atoms with Gasteiger partial charge in [0.15, 0.2) is 6.61 Å². The van der Waals surface area contributed by atoms with E-state index in [2.05, 4.69) is 0 Å². The Morgan fingerprint density at radius 3 is 2.05 bits per heavy atom. The van der Waals surface area contributed by atoms with E-state index in [0.29, 0.717) is 5.75 Å². The van der Waals surface area contributed by atoms with Crippen LogP contribution < -0.4 is 4.74 Å². The maximum atomic E-state index is 11.7. The fourth-order valence-corrected chi connectivity index (χ4v) is 1.33. The van der Waals surface area contributed by atoms with Gasteiger partial charge < -0.3 is 14.2 Å². The number of para-hydroxylation sites is 1. The van der Waals surface area contributed by atoms with Gasteiger partial charge in [-0.2, -0.15) is 0 Å².